The Morgan fingerprint density at radius 1 is 1.24 bits per heavy atom. The Morgan fingerprint density at radius 2 is 2.08 bits per heavy atom. The van der Waals surface area contributed by atoms with Crippen LogP contribution in [0, 0.1) is 0 Å². The maximum Gasteiger partial charge on any atom is 0.328 e. The van der Waals surface area contributed by atoms with Crippen molar-refractivity contribution in [3.05, 3.63) is 75.6 Å². The van der Waals surface area contributed by atoms with Gasteiger partial charge in [-0.15, -0.1) is 11.3 Å². The number of carboxylic acids is 1. The van der Waals surface area contributed by atoms with Gasteiger partial charge in [-0.25, -0.2) is 9.78 Å². The number of ether oxygens (including phenoxy) is 1. The quantitative estimate of drug-likeness (QED) is 0.609. The molecule has 0 atom stereocenters. The van der Waals surface area contributed by atoms with Crippen molar-refractivity contribution in [2.75, 3.05) is 0 Å². The average Bonchev–Trinajstić information content (AvgIpc) is 3.08. The van der Waals surface area contributed by atoms with Crippen molar-refractivity contribution in [3.63, 3.8) is 0 Å². The molecule has 1 N–H and O–H groups in total. The summed E-state index contributed by atoms with van der Waals surface area (Å²) in [6.07, 6.45) is 2.61. The van der Waals surface area contributed by atoms with Gasteiger partial charge in [0.15, 0.2) is 0 Å². The summed E-state index contributed by atoms with van der Waals surface area (Å²) in [6, 6.07) is 14.8. The highest BCUT2D eigenvalue weighted by Crippen LogP contribution is 2.29. The maximum absolute atomic E-state index is 10.6. The summed E-state index contributed by atoms with van der Waals surface area (Å²) in [5.74, 6) is -0.330. The number of carbonyl (C=O) groups is 1. The van der Waals surface area contributed by atoms with E-state index in [1.807, 2.05) is 47.8 Å². The van der Waals surface area contributed by atoms with Gasteiger partial charge in [-0.3, -0.25) is 0 Å². The Hall–Kier alpha value is -2.63. The highest BCUT2D eigenvalue weighted by Gasteiger charge is 2.08. The summed E-state index contributed by atoms with van der Waals surface area (Å²) in [4.78, 5) is 15.1. The molecule has 25 heavy (non-hydrogen) atoms. The van der Waals surface area contributed by atoms with E-state index in [1.165, 1.54) is 17.4 Å². The predicted molar refractivity (Wildman–Crippen MR) is 100 cm³/mol. The Morgan fingerprint density at radius 3 is 2.88 bits per heavy atom. The van der Waals surface area contributed by atoms with E-state index >= 15 is 0 Å². The molecule has 0 radical (unpaired) electrons. The van der Waals surface area contributed by atoms with E-state index in [4.69, 9.17) is 21.4 Å². The summed E-state index contributed by atoms with van der Waals surface area (Å²) in [5, 5.41) is 12.1. The summed E-state index contributed by atoms with van der Waals surface area (Å²) >= 11 is 7.70. The molecule has 1 aromatic heterocycles. The average molecular weight is 372 g/mol. The van der Waals surface area contributed by atoms with E-state index in [2.05, 4.69) is 4.98 Å². The van der Waals surface area contributed by atoms with Gasteiger partial charge in [-0.2, -0.15) is 0 Å². The van der Waals surface area contributed by atoms with Crippen molar-refractivity contribution in [1.29, 1.82) is 0 Å². The number of carboxylic acid groups (broad SMARTS) is 1. The van der Waals surface area contributed by atoms with Gasteiger partial charge < -0.3 is 9.84 Å². The molecular weight excluding hydrogens is 358 g/mol. The van der Waals surface area contributed by atoms with Crippen LogP contribution >= 0.6 is 22.9 Å². The van der Waals surface area contributed by atoms with E-state index in [0.717, 1.165) is 27.9 Å². The third kappa shape index (κ3) is 4.68. The minimum absolute atomic E-state index is 0.335. The molecular formula is C19H14ClNO3S. The first kappa shape index (κ1) is 17.2. The van der Waals surface area contributed by atoms with Crippen LogP contribution in [0.2, 0.25) is 5.02 Å². The Balaban J connectivity index is 1.68. The molecule has 0 saturated heterocycles. The fourth-order valence-corrected chi connectivity index (χ4v) is 3.13. The van der Waals surface area contributed by atoms with Gasteiger partial charge >= 0.3 is 5.97 Å². The number of aliphatic carboxylic acids is 1. The molecule has 0 saturated carbocycles. The molecule has 0 unspecified atom stereocenters. The van der Waals surface area contributed by atoms with Crippen LogP contribution in [0.1, 0.15) is 10.6 Å². The molecule has 3 aromatic rings. The fraction of sp³-hybridized carbons (Fsp3) is 0.0526. The van der Waals surface area contributed by atoms with E-state index < -0.39 is 5.97 Å². The number of hydrogen-bond donors (Lipinski definition) is 1. The second kappa shape index (κ2) is 7.96. The topological polar surface area (TPSA) is 59.4 Å². The lowest BCUT2D eigenvalue weighted by molar-refractivity contribution is -0.131. The van der Waals surface area contributed by atoms with Crippen molar-refractivity contribution in [1.82, 2.24) is 4.98 Å². The second-order valence-corrected chi connectivity index (χ2v) is 6.49. The van der Waals surface area contributed by atoms with Crippen LogP contribution < -0.4 is 4.74 Å². The van der Waals surface area contributed by atoms with Crippen LogP contribution in [-0.4, -0.2) is 16.1 Å². The molecule has 0 amide bonds. The number of aromatic nitrogens is 1. The first-order valence-corrected chi connectivity index (χ1v) is 8.71. The minimum Gasteiger partial charge on any atom is -0.486 e. The molecule has 0 aliphatic carbocycles. The molecule has 0 bridgehead atoms. The first-order chi connectivity index (χ1) is 12.1. The van der Waals surface area contributed by atoms with Crippen molar-refractivity contribution < 1.29 is 14.6 Å². The van der Waals surface area contributed by atoms with Gasteiger partial charge in [0.1, 0.15) is 17.4 Å². The van der Waals surface area contributed by atoms with Crippen LogP contribution in [-0.2, 0) is 11.4 Å². The SMILES string of the molecule is O=C(O)C=Cc1cccc(OCc2nc(-c3ccccc3Cl)cs2)c1. The van der Waals surface area contributed by atoms with Crippen molar-refractivity contribution in [2.24, 2.45) is 0 Å². The predicted octanol–water partition coefficient (Wildman–Crippen LogP) is 5.14. The normalized spacial score (nSPS) is 10.9. The summed E-state index contributed by atoms with van der Waals surface area (Å²) in [7, 11) is 0. The summed E-state index contributed by atoms with van der Waals surface area (Å²) in [6.45, 7) is 0.335. The maximum atomic E-state index is 10.6. The first-order valence-electron chi connectivity index (χ1n) is 7.45. The molecule has 6 heteroatoms. The molecule has 2 aromatic carbocycles. The Bertz CT molecular complexity index is 920. The number of thiazole rings is 1. The monoisotopic (exact) mass is 371 g/mol. The molecule has 1 heterocycles. The molecule has 0 fully saturated rings. The zero-order chi connectivity index (χ0) is 17.6. The Labute approximate surface area is 154 Å². The van der Waals surface area contributed by atoms with Crippen molar-refractivity contribution in [2.45, 2.75) is 6.61 Å². The van der Waals surface area contributed by atoms with Gasteiger partial charge in [-0.05, 0) is 29.8 Å². The largest absolute Gasteiger partial charge is 0.486 e. The van der Waals surface area contributed by atoms with Crippen molar-refractivity contribution >= 4 is 35.0 Å². The van der Waals surface area contributed by atoms with Crippen LogP contribution in [0.5, 0.6) is 5.75 Å². The molecule has 126 valence electrons. The van der Waals surface area contributed by atoms with Gasteiger partial charge in [0.05, 0.1) is 5.69 Å². The lowest BCUT2D eigenvalue weighted by Gasteiger charge is -2.05. The number of nitrogens with zero attached hydrogens (tertiary/aromatic N) is 1. The van der Waals surface area contributed by atoms with Gasteiger partial charge in [0.2, 0.25) is 0 Å². The molecule has 0 spiro atoms. The van der Waals surface area contributed by atoms with E-state index in [9.17, 15) is 4.79 Å². The van der Waals surface area contributed by atoms with Crippen molar-refractivity contribution in [3.8, 4) is 17.0 Å². The number of halogens is 1. The number of hydrogen-bond acceptors (Lipinski definition) is 4. The van der Waals surface area contributed by atoms with Gasteiger partial charge in [-0.1, -0.05) is 41.9 Å². The fourth-order valence-electron chi connectivity index (χ4n) is 2.19. The second-order valence-electron chi connectivity index (χ2n) is 5.14. The minimum atomic E-state index is -0.985. The third-order valence-electron chi connectivity index (χ3n) is 3.34. The van der Waals surface area contributed by atoms with E-state index in [-0.39, 0.29) is 0 Å². The van der Waals surface area contributed by atoms with Gasteiger partial charge in [0.25, 0.3) is 0 Å². The Kier molecular flexibility index (Phi) is 5.48. The number of benzene rings is 2. The smallest absolute Gasteiger partial charge is 0.328 e. The highest BCUT2D eigenvalue weighted by molar-refractivity contribution is 7.09. The third-order valence-corrected chi connectivity index (χ3v) is 4.49. The zero-order valence-electron chi connectivity index (χ0n) is 13.1. The van der Waals surface area contributed by atoms with Crippen LogP contribution in [0.25, 0.3) is 17.3 Å². The molecule has 3 rings (SSSR count). The zero-order valence-corrected chi connectivity index (χ0v) is 14.6. The molecule has 0 aliphatic rings. The summed E-state index contributed by atoms with van der Waals surface area (Å²) in [5.41, 5.74) is 2.48. The standard InChI is InChI=1S/C19H14ClNO3S/c20-16-7-2-1-6-15(16)17-12-25-18(21-17)11-24-14-5-3-4-13(10-14)8-9-19(22)23/h1-10,12H,11H2,(H,22,23). The van der Waals surface area contributed by atoms with E-state index in [0.29, 0.717) is 17.4 Å². The van der Waals surface area contributed by atoms with Crippen LogP contribution in [0.4, 0.5) is 0 Å². The molecule has 0 aliphatic heterocycles. The molecule has 4 nitrogen and oxygen atoms in total. The lowest BCUT2D eigenvalue weighted by Crippen LogP contribution is -1.95. The van der Waals surface area contributed by atoms with Crippen LogP contribution in [0.3, 0.4) is 0 Å². The van der Waals surface area contributed by atoms with Crippen LogP contribution in [0.15, 0.2) is 60.0 Å². The van der Waals surface area contributed by atoms with E-state index in [1.54, 1.807) is 6.07 Å². The number of rotatable bonds is 6. The van der Waals surface area contributed by atoms with Gasteiger partial charge in [0, 0.05) is 22.0 Å². The lowest BCUT2D eigenvalue weighted by atomic mass is 10.2. The summed E-state index contributed by atoms with van der Waals surface area (Å²) < 4.78 is 5.75. The highest BCUT2D eigenvalue weighted by atomic mass is 35.5.